The second kappa shape index (κ2) is 5.65. The largest absolute Gasteiger partial charge is 0.326 e. The van der Waals surface area contributed by atoms with E-state index in [4.69, 9.17) is 11.5 Å². The Bertz CT molecular complexity index is 336. The van der Waals surface area contributed by atoms with Crippen LogP contribution >= 0.6 is 0 Å². The van der Waals surface area contributed by atoms with Crippen molar-refractivity contribution >= 4 is 0 Å². The lowest BCUT2D eigenvalue weighted by Gasteiger charge is -2.39. The van der Waals surface area contributed by atoms with Gasteiger partial charge in [0.15, 0.2) is 0 Å². The van der Waals surface area contributed by atoms with E-state index in [1.807, 2.05) is 0 Å². The highest BCUT2D eigenvalue weighted by molar-refractivity contribution is 5.14. The predicted octanol–water partition coefficient (Wildman–Crippen LogP) is 2.61. The van der Waals surface area contributed by atoms with Crippen molar-refractivity contribution in [1.82, 2.24) is 0 Å². The highest BCUT2D eigenvalue weighted by Gasteiger charge is 2.33. The van der Waals surface area contributed by atoms with Gasteiger partial charge in [0.25, 0.3) is 0 Å². The van der Waals surface area contributed by atoms with Gasteiger partial charge < -0.3 is 11.5 Å². The van der Waals surface area contributed by atoms with Gasteiger partial charge in [0.1, 0.15) is 0 Å². The van der Waals surface area contributed by atoms with E-state index >= 15 is 0 Å². The smallest absolute Gasteiger partial charge is 0.0307 e. The molecule has 1 fully saturated rings. The molecule has 1 saturated carbocycles. The first-order chi connectivity index (χ1) is 8.21. The minimum atomic E-state index is -0.104. The van der Waals surface area contributed by atoms with Crippen molar-refractivity contribution < 1.29 is 0 Å². The van der Waals surface area contributed by atoms with Crippen LogP contribution in [-0.2, 0) is 6.42 Å². The van der Waals surface area contributed by atoms with Crippen LogP contribution in [0.3, 0.4) is 0 Å². The number of nitrogens with two attached hydrogens (primary N) is 2. The van der Waals surface area contributed by atoms with Crippen molar-refractivity contribution in [2.75, 3.05) is 0 Å². The standard InChI is InChI=1S/C15H24N2/c16-14-10-4-5-11-15(14,17)12-6-9-13-7-2-1-3-8-13/h1-3,7-8,14H,4-6,9-12,16-17H2/t14-,15?/m1/s1. The zero-order chi connectivity index (χ0) is 12.1. The molecule has 2 rings (SSSR count). The zero-order valence-electron chi connectivity index (χ0n) is 10.6. The Morgan fingerprint density at radius 3 is 2.65 bits per heavy atom. The van der Waals surface area contributed by atoms with Crippen molar-refractivity contribution in [2.45, 2.75) is 56.5 Å². The molecule has 1 aromatic carbocycles. The molecule has 1 aromatic rings. The van der Waals surface area contributed by atoms with Crippen LogP contribution in [0.5, 0.6) is 0 Å². The van der Waals surface area contributed by atoms with Crippen LogP contribution < -0.4 is 11.5 Å². The minimum Gasteiger partial charge on any atom is -0.326 e. The number of benzene rings is 1. The van der Waals surface area contributed by atoms with Gasteiger partial charge in [-0.2, -0.15) is 0 Å². The summed E-state index contributed by atoms with van der Waals surface area (Å²) in [7, 11) is 0. The topological polar surface area (TPSA) is 52.0 Å². The van der Waals surface area contributed by atoms with Crippen molar-refractivity contribution in [3.63, 3.8) is 0 Å². The fraction of sp³-hybridized carbons (Fsp3) is 0.600. The summed E-state index contributed by atoms with van der Waals surface area (Å²) in [5.74, 6) is 0. The molecule has 0 spiro atoms. The number of aryl methyl sites for hydroxylation is 1. The average molecular weight is 232 g/mol. The molecule has 1 unspecified atom stereocenters. The summed E-state index contributed by atoms with van der Waals surface area (Å²) in [5.41, 5.74) is 13.9. The summed E-state index contributed by atoms with van der Waals surface area (Å²) in [6.45, 7) is 0. The SMILES string of the molecule is N[C@@H]1CCCCC1(N)CCCc1ccccc1. The maximum atomic E-state index is 6.44. The number of hydrogen-bond donors (Lipinski definition) is 2. The maximum absolute atomic E-state index is 6.44. The first-order valence-electron chi connectivity index (χ1n) is 6.79. The molecule has 2 atom stereocenters. The molecule has 1 aliphatic carbocycles. The molecule has 17 heavy (non-hydrogen) atoms. The molecule has 2 heteroatoms. The molecule has 0 saturated heterocycles. The summed E-state index contributed by atoms with van der Waals surface area (Å²) < 4.78 is 0. The maximum Gasteiger partial charge on any atom is 0.0307 e. The fourth-order valence-corrected chi connectivity index (χ4v) is 2.87. The van der Waals surface area contributed by atoms with Crippen LogP contribution in [0.25, 0.3) is 0 Å². The Morgan fingerprint density at radius 1 is 1.18 bits per heavy atom. The third kappa shape index (κ3) is 3.30. The van der Waals surface area contributed by atoms with Crippen molar-refractivity contribution in [1.29, 1.82) is 0 Å². The van der Waals surface area contributed by atoms with E-state index in [0.717, 1.165) is 32.1 Å². The van der Waals surface area contributed by atoms with E-state index in [-0.39, 0.29) is 11.6 Å². The molecule has 0 bridgehead atoms. The number of rotatable bonds is 4. The summed E-state index contributed by atoms with van der Waals surface area (Å²) >= 11 is 0. The third-order valence-electron chi connectivity index (χ3n) is 4.10. The van der Waals surface area contributed by atoms with Crippen molar-refractivity contribution in [2.24, 2.45) is 11.5 Å². The molecule has 4 N–H and O–H groups in total. The lowest BCUT2D eigenvalue weighted by atomic mass is 9.75. The number of hydrogen-bond acceptors (Lipinski definition) is 2. The zero-order valence-corrected chi connectivity index (χ0v) is 10.6. The fourth-order valence-electron chi connectivity index (χ4n) is 2.87. The van der Waals surface area contributed by atoms with E-state index < -0.39 is 0 Å². The van der Waals surface area contributed by atoms with Gasteiger partial charge in [-0.3, -0.25) is 0 Å². The van der Waals surface area contributed by atoms with Gasteiger partial charge in [-0.05, 0) is 37.7 Å². The molecular formula is C15H24N2. The van der Waals surface area contributed by atoms with E-state index in [9.17, 15) is 0 Å². The van der Waals surface area contributed by atoms with Gasteiger partial charge in [0.05, 0.1) is 0 Å². The second-order valence-corrected chi connectivity index (χ2v) is 5.42. The second-order valence-electron chi connectivity index (χ2n) is 5.42. The predicted molar refractivity (Wildman–Crippen MR) is 72.7 cm³/mol. The van der Waals surface area contributed by atoms with Crippen molar-refractivity contribution in [3.8, 4) is 0 Å². The Balaban J connectivity index is 1.81. The Kier molecular flexibility index (Phi) is 4.19. The summed E-state index contributed by atoms with van der Waals surface area (Å²) in [4.78, 5) is 0. The normalized spacial score (nSPS) is 29.2. The first kappa shape index (κ1) is 12.6. The van der Waals surface area contributed by atoms with E-state index in [2.05, 4.69) is 30.3 Å². The van der Waals surface area contributed by atoms with Crippen LogP contribution in [0.1, 0.15) is 44.1 Å². The first-order valence-corrected chi connectivity index (χ1v) is 6.79. The molecule has 0 heterocycles. The van der Waals surface area contributed by atoms with E-state index in [0.29, 0.717) is 0 Å². The van der Waals surface area contributed by atoms with Gasteiger partial charge in [-0.25, -0.2) is 0 Å². The van der Waals surface area contributed by atoms with Crippen molar-refractivity contribution in [3.05, 3.63) is 35.9 Å². The Morgan fingerprint density at radius 2 is 1.94 bits per heavy atom. The third-order valence-corrected chi connectivity index (χ3v) is 4.10. The minimum absolute atomic E-state index is 0.104. The Labute approximate surface area is 104 Å². The summed E-state index contributed by atoms with van der Waals surface area (Å²) in [5, 5.41) is 0. The quantitative estimate of drug-likeness (QED) is 0.838. The summed E-state index contributed by atoms with van der Waals surface area (Å²) in [6.07, 6.45) is 8.02. The molecule has 2 nitrogen and oxygen atoms in total. The lowest BCUT2D eigenvalue weighted by molar-refractivity contribution is 0.233. The van der Waals surface area contributed by atoms with Gasteiger partial charge in [-0.15, -0.1) is 0 Å². The summed E-state index contributed by atoms with van der Waals surface area (Å²) in [6, 6.07) is 10.8. The molecule has 0 aromatic heterocycles. The lowest BCUT2D eigenvalue weighted by Crippen LogP contribution is -2.57. The van der Waals surface area contributed by atoms with Crippen LogP contribution in [0.2, 0.25) is 0 Å². The van der Waals surface area contributed by atoms with Crippen LogP contribution in [0.4, 0.5) is 0 Å². The Hall–Kier alpha value is -0.860. The van der Waals surface area contributed by atoms with Crippen LogP contribution in [-0.4, -0.2) is 11.6 Å². The van der Waals surface area contributed by atoms with Gasteiger partial charge in [-0.1, -0.05) is 43.2 Å². The molecule has 0 amide bonds. The molecule has 1 aliphatic rings. The van der Waals surface area contributed by atoms with Gasteiger partial charge >= 0.3 is 0 Å². The monoisotopic (exact) mass is 232 g/mol. The van der Waals surface area contributed by atoms with Crippen LogP contribution in [0, 0.1) is 0 Å². The van der Waals surface area contributed by atoms with Gasteiger partial charge in [0, 0.05) is 11.6 Å². The highest BCUT2D eigenvalue weighted by atomic mass is 14.9. The van der Waals surface area contributed by atoms with E-state index in [1.165, 1.54) is 18.4 Å². The van der Waals surface area contributed by atoms with E-state index in [1.54, 1.807) is 0 Å². The molecular weight excluding hydrogens is 208 g/mol. The average Bonchev–Trinajstić information content (AvgIpc) is 2.35. The molecule has 0 aliphatic heterocycles. The van der Waals surface area contributed by atoms with Crippen LogP contribution in [0.15, 0.2) is 30.3 Å². The highest BCUT2D eigenvalue weighted by Crippen LogP contribution is 2.29. The molecule has 0 radical (unpaired) electrons. The van der Waals surface area contributed by atoms with Gasteiger partial charge in [0.2, 0.25) is 0 Å². The molecule has 94 valence electrons.